The second kappa shape index (κ2) is 7.32. The van der Waals surface area contributed by atoms with E-state index in [1.165, 1.54) is 0 Å². The summed E-state index contributed by atoms with van der Waals surface area (Å²) in [4.78, 5) is 21.0. The minimum absolute atomic E-state index is 0.290. The summed E-state index contributed by atoms with van der Waals surface area (Å²) in [7, 11) is 0. The number of rotatable bonds is 4. The van der Waals surface area contributed by atoms with Gasteiger partial charge in [-0.1, -0.05) is 29.8 Å². The lowest BCUT2D eigenvalue weighted by Crippen LogP contribution is -2.15. The summed E-state index contributed by atoms with van der Waals surface area (Å²) in [5.41, 5.74) is 2.97. The average Bonchev–Trinajstić information content (AvgIpc) is 2.58. The van der Waals surface area contributed by atoms with Crippen LogP contribution in [-0.4, -0.2) is 15.9 Å². The van der Waals surface area contributed by atoms with Gasteiger partial charge in [-0.15, -0.1) is 0 Å². The molecule has 3 rings (SSSR count). The summed E-state index contributed by atoms with van der Waals surface area (Å²) >= 11 is 5.85. The van der Waals surface area contributed by atoms with Crippen LogP contribution in [0.4, 0.5) is 17.2 Å². The van der Waals surface area contributed by atoms with Crippen LogP contribution in [-0.2, 0) is 0 Å². The highest BCUT2D eigenvalue weighted by atomic mass is 35.5. The molecule has 0 fully saturated rings. The fourth-order valence-electron chi connectivity index (χ4n) is 2.33. The summed E-state index contributed by atoms with van der Waals surface area (Å²) in [6.07, 6.45) is 0. The highest BCUT2D eigenvalue weighted by Gasteiger charge is 2.11. The van der Waals surface area contributed by atoms with Crippen LogP contribution >= 0.6 is 11.6 Å². The lowest BCUT2D eigenvalue weighted by atomic mass is 10.2. The number of carbonyl (C=O) groups excluding carboxylic acids is 1. The van der Waals surface area contributed by atoms with Crippen molar-refractivity contribution in [2.75, 3.05) is 10.6 Å². The topological polar surface area (TPSA) is 66.9 Å². The lowest BCUT2D eigenvalue weighted by molar-refractivity contribution is 0.102. The number of carbonyl (C=O) groups is 1. The Labute approximate surface area is 151 Å². The standard InChI is InChI=1S/C19H17ClN4O/c1-12-5-3-4-6-16(12)24-18-11-17(21-13(2)22-18)19(25)23-15-9-7-14(20)8-10-15/h3-11H,1-2H3,(H,23,25)(H,21,22,24). The van der Waals surface area contributed by atoms with Crippen molar-refractivity contribution in [3.63, 3.8) is 0 Å². The van der Waals surface area contributed by atoms with Crippen LogP contribution in [0.15, 0.2) is 54.6 Å². The van der Waals surface area contributed by atoms with Gasteiger partial charge in [0.2, 0.25) is 0 Å². The Kier molecular flexibility index (Phi) is 4.95. The van der Waals surface area contributed by atoms with E-state index in [1.807, 2.05) is 31.2 Å². The van der Waals surface area contributed by atoms with E-state index < -0.39 is 0 Å². The van der Waals surface area contributed by atoms with Gasteiger partial charge in [0.05, 0.1) is 0 Å². The molecule has 0 atom stereocenters. The molecule has 0 aliphatic carbocycles. The van der Waals surface area contributed by atoms with E-state index in [9.17, 15) is 4.79 Å². The molecule has 2 N–H and O–H groups in total. The Bertz CT molecular complexity index is 910. The monoisotopic (exact) mass is 352 g/mol. The molecule has 0 unspecified atom stereocenters. The number of hydrogen-bond acceptors (Lipinski definition) is 4. The number of para-hydroxylation sites is 1. The maximum atomic E-state index is 12.5. The lowest BCUT2D eigenvalue weighted by Gasteiger charge is -2.11. The quantitative estimate of drug-likeness (QED) is 0.711. The maximum absolute atomic E-state index is 12.5. The number of aromatic nitrogens is 2. The third-order valence-electron chi connectivity index (χ3n) is 3.58. The largest absolute Gasteiger partial charge is 0.340 e. The summed E-state index contributed by atoms with van der Waals surface area (Å²) < 4.78 is 0. The molecular weight excluding hydrogens is 336 g/mol. The van der Waals surface area contributed by atoms with Crippen molar-refractivity contribution in [1.82, 2.24) is 9.97 Å². The number of nitrogens with one attached hydrogen (secondary N) is 2. The van der Waals surface area contributed by atoms with Crippen LogP contribution in [0.5, 0.6) is 0 Å². The molecule has 126 valence electrons. The zero-order chi connectivity index (χ0) is 17.8. The van der Waals surface area contributed by atoms with Crippen molar-refractivity contribution < 1.29 is 4.79 Å². The molecule has 2 aromatic carbocycles. The smallest absolute Gasteiger partial charge is 0.274 e. The average molecular weight is 353 g/mol. The van der Waals surface area contributed by atoms with E-state index in [1.54, 1.807) is 37.3 Å². The number of aryl methyl sites for hydroxylation is 2. The van der Waals surface area contributed by atoms with Crippen molar-refractivity contribution in [3.05, 3.63) is 76.7 Å². The van der Waals surface area contributed by atoms with Crippen LogP contribution < -0.4 is 10.6 Å². The SMILES string of the molecule is Cc1nc(Nc2ccccc2C)cc(C(=O)Nc2ccc(Cl)cc2)n1. The van der Waals surface area contributed by atoms with E-state index in [0.29, 0.717) is 28.0 Å². The van der Waals surface area contributed by atoms with Gasteiger partial charge in [0.25, 0.3) is 5.91 Å². The van der Waals surface area contributed by atoms with Crippen molar-refractivity contribution in [3.8, 4) is 0 Å². The molecule has 0 bridgehead atoms. The normalized spacial score (nSPS) is 10.4. The molecule has 1 aromatic heterocycles. The molecule has 6 heteroatoms. The van der Waals surface area contributed by atoms with Gasteiger partial charge in [0.1, 0.15) is 17.3 Å². The highest BCUT2D eigenvalue weighted by Crippen LogP contribution is 2.20. The number of halogens is 1. The van der Waals surface area contributed by atoms with E-state index in [2.05, 4.69) is 20.6 Å². The van der Waals surface area contributed by atoms with Crippen LogP contribution in [0.3, 0.4) is 0 Å². The maximum Gasteiger partial charge on any atom is 0.274 e. The van der Waals surface area contributed by atoms with E-state index in [4.69, 9.17) is 11.6 Å². The molecule has 0 saturated carbocycles. The Morgan fingerprint density at radius 3 is 2.44 bits per heavy atom. The van der Waals surface area contributed by atoms with Crippen molar-refractivity contribution in [2.45, 2.75) is 13.8 Å². The van der Waals surface area contributed by atoms with Gasteiger partial charge in [-0.3, -0.25) is 4.79 Å². The van der Waals surface area contributed by atoms with Crippen molar-refractivity contribution in [2.24, 2.45) is 0 Å². The summed E-state index contributed by atoms with van der Waals surface area (Å²) in [5, 5.41) is 6.64. The molecule has 1 heterocycles. The van der Waals surface area contributed by atoms with Crippen LogP contribution in [0.1, 0.15) is 21.9 Å². The van der Waals surface area contributed by atoms with Gasteiger partial charge >= 0.3 is 0 Å². The fourth-order valence-corrected chi connectivity index (χ4v) is 2.45. The molecule has 0 aliphatic rings. The van der Waals surface area contributed by atoms with Crippen LogP contribution in [0, 0.1) is 13.8 Å². The van der Waals surface area contributed by atoms with Crippen molar-refractivity contribution >= 4 is 34.7 Å². The molecule has 0 radical (unpaired) electrons. The molecular formula is C19H17ClN4O. The number of anilines is 3. The first-order chi connectivity index (χ1) is 12.0. The predicted octanol–water partition coefficient (Wildman–Crippen LogP) is 4.74. The zero-order valence-electron chi connectivity index (χ0n) is 13.9. The Hall–Kier alpha value is -2.92. The molecule has 0 saturated heterocycles. The summed E-state index contributed by atoms with van der Waals surface area (Å²) in [6.45, 7) is 3.76. The van der Waals surface area contributed by atoms with E-state index in [-0.39, 0.29) is 5.91 Å². The first-order valence-corrected chi connectivity index (χ1v) is 8.14. The zero-order valence-corrected chi connectivity index (χ0v) is 14.6. The summed E-state index contributed by atoms with van der Waals surface area (Å²) in [6, 6.07) is 16.4. The minimum atomic E-state index is -0.305. The van der Waals surface area contributed by atoms with Gasteiger partial charge in [-0.25, -0.2) is 9.97 Å². The van der Waals surface area contributed by atoms with Gasteiger partial charge in [0, 0.05) is 22.5 Å². The van der Waals surface area contributed by atoms with Gasteiger partial charge in [-0.2, -0.15) is 0 Å². The van der Waals surface area contributed by atoms with Crippen LogP contribution in [0.2, 0.25) is 5.02 Å². The molecule has 0 spiro atoms. The predicted molar refractivity (Wildman–Crippen MR) is 101 cm³/mol. The third kappa shape index (κ3) is 4.33. The highest BCUT2D eigenvalue weighted by molar-refractivity contribution is 6.30. The third-order valence-corrected chi connectivity index (χ3v) is 3.83. The minimum Gasteiger partial charge on any atom is -0.340 e. The van der Waals surface area contributed by atoms with Gasteiger partial charge in [0.15, 0.2) is 0 Å². The second-order valence-electron chi connectivity index (χ2n) is 5.59. The second-order valence-corrected chi connectivity index (χ2v) is 6.02. The first-order valence-electron chi connectivity index (χ1n) is 7.76. The Morgan fingerprint density at radius 2 is 1.72 bits per heavy atom. The molecule has 0 aliphatic heterocycles. The number of benzene rings is 2. The Morgan fingerprint density at radius 1 is 1.00 bits per heavy atom. The Balaban J connectivity index is 1.82. The molecule has 5 nitrogen and oxygen atoms in total. The fraction of sp³-hybridized carbons (Fsp3) is 0.105. The van der Waals surface area contributed by atoms with Crippen LogP contribution in [0.25, 0.3) is 0 Å². The molecule has 25 heavy (non-hydrogen) atoms. The van der Waals surface area contributed by atoms with E-state index in [0.717, 1.165) is 11.3 Å². The number of amides is 1. The van der Waals surface area contributed by atoms with Gasteiger partial charge < -0.3 is 10.6 Å². The summed E-state index contributed by atoms with van der Waals surface area (Å²) in [5.74, 6) is 0.781. The number of nitrogens with zero attached hydrogens (tertiary/aromatic N) is 2. The van der Waals surface area contributed by atoms with Crippen molar-refractivity contribution in [1.29, 1.82) is 0 Å². The van der Waals surface area contributed by atoms with E-state index >= 15 is 0 Å². The van der Waals surface area contributed by atoms with Gasteiger partial charge in [-0.05, 0) is 49.7 Å². The molecule has 3 aromatic rings. The first kappa shape index (κ1) is 16.9. The molecule has 1 amide bonds. The number of hydrogen-bond donors (Lipinski definition) is 2.